The van der Waals surface area contributed by atoms with Gasteiger partial charge in [-0.05, 0) is 32.0 Å². The molecule has 1 heterocycles. The third-order valence-corrected chi connectivity index (χ3v) is 3.60. The van der Waals surface area contributed by atoms with Crippen LogP contribution in [0.25, 0.3) is 0 Å². The summed E-state index contributed by atoms with van der Waals surface area (Å²) < 4.78 is 0. The molecule has 0 radical (unpaired) electrons. The molecule has 0 bridgehead atoms. The monoisotopic (exact) mass is 232 g/mol. The van der Waals surface area contributed by atoms with Crippen molar-refractivity contribution in [3.8, 4) is 0 Å². The highest BCUT2D eigenvalue weighted by Crippen LogP contribution is 2.27. The zero-order chi connectivity index (χ0) is 11.5. The molecule has 2 rings (SSSR count). The summed E-state index contributed by atoms with van der Waals surface area (Å²) in [5, 5.41) is 3.35. The van der Waals surface area contributed by atoms with E-state index in [1.165, 1.54) is 21.6 Å². The Balaban J connectivity index is 2.41. The third kappa shape index (κ3) is 2.15. The Bertz CT molecular complexity index is 463. The number of aryl methyl sites for hydroxylation is 2. The molecule has 0 saturated carbocycles. The van der Waals surface area contributed by atoms with E-state index in [9.17, 15) is 0 Å². The van der Waals surface area contributed by atoms with Gasteiger partial charge in [-0.25, -0.2) is 0 Å². The van der Waals surface area contributed by atoms with Gasteiger partial charge in [-0.1, -0.05) is 23.8 Å². The molecular formula is C13H16N2S. The Morgan fingerprint density at radius 3 is 2.69 bits per heavy atom. The normalized spacial score (nSPS) is 12.7. The smallest absolute Gasteiger partial charge is 0.0794 e. The standard InChI is InChI=1S/C13H16N2S/c1-9-4-5-11(10(2)6-9)13(14-3)12-7-15-8-16-12/h4-8,13-14H,1-3H3. The maximum absolute atomic E-state index is 4.14. The van der Waals surface area contributed by atoms with E-state index in [1.807, 2.05) is 18.8 Å². The first kappa shape index (κ1) is 11.3. The highest BCUT2D eigenvalue weighted by molar-refractivity contribution is 7.09. The summed E-state index contributed by atoms with van der Waals surface area (Å²) in [4.78, 5) is 5.40. The molecule has 2 nitrogen and oxygen atoms in total. The fourth-order valence-corrected chi connectivity index (χ4v) is 2.71. The van der Waals surface area contributed by atoms with Crippen molar-refractivity contribution in [1.29, 1.82) is 0 Å². The van der Waals surface area contributed by atoms with Gasteiger partial charge in [-0.3, -0.25) is 4.98 Å². The van der Waals surface area contributed by atoms with Gasteiger partial charge in [-0.2, -0.15) is 0 Å². The molecule has 3 heteroatoms. The number of aromatic nitrogens is 1. The molecule has 16 heavy (non-hydrogen) atoms. The number of rotatable bonds is 3. The van der Waals surface area contributed by atoms with Gasteiger partial charge >= 0.3 is 0 Å². The van der Waals surface area contributed by atoms with E-state index in [1.54, 1.807) is 11.3 Å². The summed E-state index contributed by atoms with van der Waals surface area (Å²) in [6.07, 6.45) is 1.94. The van der Waals surface area contributed by atoms with Gasteiger partial charge in [0.1, 0.15) is 0 Å². The van der Waals surface area contributed by atoms with E-state index in [4.69, 9.17) is 0 Å². The van der Waals surface area contributed by atoms with Crippen molar-refractivity contribution in [2.24, 2.45) is 0 Å². The van der Waals surface area contributed by atoms with Gasteiger partial charge in [0.25, 0.3) is 0 Å². The molecule has 1 N–H and O–H groups in total. The molecule has 0 amide bonds. The van der Waals surface area contributed by atoms with Gasteiger partial charge in [-0.15, -0.1) is 11.3 Å². The Hall–Kier alpha value is -1.19. The average Bonchev–Trinajstić information content (AvgIpc) is 2.75. The van der Waals surface area contributed by atoms with Crippen LogP contribution in [-0.2, 0) is 0 Å². The lowest BCUT2D eigenvalue weighted by atomic mass is 9.98. The van der Waals surface area contributed by atoms with Crippen LogP contribution in [0.1, 0.15) is 27.6 Å². The van der Waals surface area contributed by atoms with Crippen LogP contribution in [0.5, 0.6) is 0 Å². The highest BCUT2D eigenvalue weighted by Gasteiger charge is 2.15. The maximum Gasteiger partial charge on any atom is 0.0794 e. The topological polar surface area (TPSA) is 24.9 Å². The van der Waals surface area contributed by atoms with Gasteiger partial charge in [0.2, 0.25) is 0 Å². The molecule has 84 valence electrons. The average molecular weight is 232 g/mol. The first-order chi connectivity index (χ1) is 7.72. The fraction of sp³-hybridized carbons (Fsp3) is 0.308. The minimum absolute atomic E-state index is 0.257. The van der Waals surface area contributed by atoms with E-state index in [-0.39, 0.29) is 6.04 Å². The van der Waals surface area contributed by atoms with Crippen molar-refractivity contribution in [1.82, 2.24) is 10.3 Å². The van der Waals surface area contributed by atoms with Crippen molar-refractivity contribution in [2.75, 3.05) is 7.05 Å². The second-order valence-electron chi connectivity index (χ2n) is 3.99. The predicted molar refractivity (Wildman–Crippen MR) is 68.9 cm³/mol. The maximum atomic E-state index is 4.14. The summed E-state index contributed by atoms with van der Waals surface area (Å²) in [5.74, 6) is 0. The number of hydrogen-bond donors (Lipinski definition) is 1. The van der Waals surface area contributed by atoms with E-state index in [0.29, 0.717) is 0 Å². The van der Waals surface area contributed by atoms with Crippen LogP contribution in [0.3, 0.4) is 0 Å². The van der Waals surface area contributed by atoms with Crippen LogP contribution in [0.15, 0.2) is 29.9 Å². The summed E-state index contributed by atoms with van der Waals surface area (Å²) >= 11 is 1.69. The van der Waals surface area contributed by atoms with Crippen LogP contribution in [0.4, 0.5) is 0 Å². The lowest BCUT2D eigenvalue weighted by Gasteiger charge is -2.17. The second kappa shape index (κ2) is 4.76. The first-order valence-electron chi connectivity index (χ1n) is 5.35. The lowest BCUT2D eigenvalue weighted by Crippen LogP contribution is -2.17. The van der Waals surface area contributed by atoms with Gasteiger partial charge in [0, 0.05) is 11.1 Å². The molecule has 1 atom stereocenters. The Kier molecular flexibility index (Phi) is 3.36. The number of nitrogens with zero attached hydrogens (tertiary/aromatic N) is 1. The molecule has 1 unspecified atom stereocenters. The van der Waals surface area contributed by atoms with Crippen LogP contribution < -0.4 is 5.32 Å². The molecule has 1 aromatic carbocycles. The van der Waals surface area contributed by atoms with Crippen molar-refractivity contribution >= 4 is 11.3 Å². The van der Waals surface area contributed by atoms with Crippen molar-refractivity contribution < 1.29 is 0 Å². The Morgan fingerprint density at radius 2 is 2.12 bits per heavy atom. The molecule has 0 spiro atoms. The molecule has 0 aliphatic carbocycles. The Labute approximate surface area is 100 Å². The van der Waals surface area contributed by atoms with Crippen LogP contribution >= 0.6 is 11.3 Å². The predicted octanol–water partition coefficient (Wildman–Crippen LogP) is 3.07. The highest BCUT2D eigenvalue weighted by atomic mass is 32.1. The minimum Gasteiger partial charge on any atom is -0.309 e. The molecular weight excluding hydrogens is 216 g/mol. The van der Waals surface area contributed by atoms with E-state index in [2.05, 4.69) is 42.3 Å². The van der Waals surface area contributed by atoms with Crippen molar-refractivity contribution in [2.45, 2.75) is 19.9 Å². The first-order valence-corrected chi connectivity index (χ1v) is 6.23. The van der Waals surface area contributed by atoms with Crippen molar-refractivity contribution in [3.05, 3.63) is 51.5 Å². The number of nitrogens with one attached hydrogen (secondary N) is 1. The summed E-state index contributed by atoms with van der Waals surface area (Å²) in [6, 6.07) is 6.84. The molecule has 0 fully saturated rings. The van der Waals surface area contributed by atoms with Crippen LogP contribution in [0.2, 0.25) is 0 Å². The number of hydrogen-bond acceptors (Lipinski definition) is 3. The summed E-state index contributed by atoms with van der Waals surface area (Å²) in [7, 11) is 1.99. The van der Waals surface area contributed by atoms with E-state index >= 15 is 0 Å². The molecule has 0 saturated heterocycles. The fourth-order valence-electron chi connectivity index (χ4n) is 1.97. The summed E-state index contributed by atoms with van der Waals surface area (Å²) in [6.45, 7) is 4.28. The zero-order valence-electron chi connectivity index (χ0n) is 9.82. The number of thiazole rings is 1. The quantitative estimate of drug-likeness (QED) is 0.879. The van der Waals surface area contributed by atoms with E-state index in [0.717, 1.165) is 0 Å². The lowest BCUT2D eigenvalue weighted by molar-refractivity contribution is 0.697. The SMILES string of the molecule is CNC(c1cncs1)c1ccc(C)cc1C. The van der Waals surface area contributed by atoms with Crippen LogP contribution in [-0.4, -0.2) is 12.0 Å². The van der Waals surface area contributed by atoms with Gasteiger partial charge < -0.3 is 5.32 Å². The second-order valence-corrected chi connectivity index (χ2v) is 4.90. The van der Waals surface area contributed by atoms with Crippen LogP contribution in [0, 0.1) is 13.8 Å². The molecule has 0 aliphatic heterocycles. The zero-order valence-corrected chi connectivity index (χ0v) is 10.6. The number of benzene rings is 1. The molecule has 1 aromatic heterocycles. The Morgan fingerprint density at radius 1 is 1.31 bits per heavy atom. The van der Waals surface area contributed by atoms with Gasteiger partial charge in [0.05, 0.1) is 11.6 Å². The molecule has 0 aliphatic rings. The van der Waals surface area contributed by atoms with Crippen molar-refractivity contribution in [3.63, 3.8) is 0 Å². The largest absolute Gasteiger partial charge is 0.309 e. The van der Waals surface area contributed by atoms with E-state index < -0.39 is 0 Å². The minimum atomic E-state index is 0.257. The third-order valence-electron chi connectivity index (χ3n) is 2.76. The summed E-state index contributed by atoms with van der Waals surface area (Å²) in [5.41, 5.74) is 5.84. The van der Waals surface area contributed by atoms with Gasteiger partial charge in [0.15, 0.2) is 0 Å². The molecule has 2 aromatic rings.